The largest absolute Gasteiger partial charge is 0.324 e. The minimum atomic E-state index is -0.513. The third kappa shape index (κ3) is 3.01. The molecule has 0 radical (unpaired) electrons. The number of halogens is 1. The summed E-state index contributed by atoms with van der Waals surface area (Å²) in [7, 11) is 0. The summed E-state index contributed by atoms with van der Waals surface area (Å²) in [5, 5.41) is 17.1. The lowest BCUT2D eigenvalue weighted by Crippen LogP contribution is -2.42. The quantitative estimate of drug-likeness (QED) is 0.661. The standard InChI is InChI=1S/C14H18ClN3O3/c1-9(2)14(5-6-16-8-14)13(19)17-12-7-10(18(20)21)3-4-11(12)15/h3-4,7,9,16H,5-6,8H2,1-2H3,(H,17,19). The summed E-state index contributed by atoms with van der Waals surface area (Å²) < 4.78 is 0. The predicted octanol–water partition coefficient (Wildman–Crippen LogP) is 2.82. The van der Waals surface area contributed by atoms with Crippen LogP contribution in [-0.2, 0) is 4.79 Å². The van der Waals surface area contributed by atoms with Crippen molar-refractivity contribution in [3.05, 3.63) is 33.3 Å². The number of carbonyl (C=O) groups is 1. The van der Waals surface area contributed by atoms with Crippen molar-refractivity contribution >= 4 is 28.9 Å². The zero-order valence-electron chi connectivity index (χ0n) is 12.0. The zero-order chi connectivity index (χ0) is 15.6. The first-order valence-corrected chi connectivity index (χ1v) is 7.21. The van der Waals surface area contributed by atoms with Crippen LogP contribution in [0.3, 0.4) is 0 Å². The van der Waals surface area contributed by atoms with E-state index in [1.165, 1.54) is 18.2 Å². The van der Waals surface area contributed by atoms with Crippen LogP contribution in [0.25, 0.3) is 0 Å². The normalized spacial score (nSPS) is 21.5. The maximum atomic E-state index is 12.6. The molecule has 1 saturated heterocycles. The van der Waals surface area contributed by atoms with Gasteiger partial charge in [0.1, 0.15) is 0 Å². The highest BCUT2D eigenvalue weighted by Gasteiger charge is 2.44. The summed E-state index contributed by atoms with van der Waals surface area (Å²) in [4.78, 5) is 22.9. The first-order valence-electron chi connectivity index (χ1n) is 6.83. The third-order valence-corrected chi connectivity index (χ3v) is 4.48. The minimum Gasteiger partial charge on any atom is -0.324 e. The van der Waals surface area contributed by atoms with Gasteiger partial charge in [-0.05, 0) is 24.9 Å². The number of nitrogens with zero attached hydrogens (tertiary/aromatic N) is 1. The van der Waals surface area contributed by atoms with Crippen LogP contribution in [0.4, 0.5) is 11.4 Å². The number of rotatable bonds is 4. The summed E-state index contributed by atoms with van der Waals surface area (Å²) in [6.07, 6.45) is 0.739. The molecule has 1 aliphatic heterocycles. The number of benzene rings is 1. The highest BCUT2D eigenvalue weighted by Crippen LogP contribution is 2.36. The first kappa shape index (κ1) is 15.7. The smallest absolute Gasteiger partial charge is 0.271 e. The average molecular weight is 312 g/mol. The number of hydrogen-bond acceptors (Lipinski definition) is 4. The molecule has 0 saturated carbocycles. The fourth-order valence-electron chi connectivity index (χ4n) is 2.63. The molecule has 114 valence electrons. The van der Waals surface area contributed by atoms with E-state index >= 15 is 0 Å². The van der Waals surface area contributed by atoms with Crippen LogP contribution in [0.1, 0.15) is 20.3 Å². The van der Waals surface area contributed by atoms with Crippen molar-refractivity contribution in [3.8, 4) is 0 Å². The highest BCUT2D eigenvalue weighted by molar-refractivity contribution is 6.33. The topological polar surface area (TPSA) is 84.3 Å². The Morgan fingerprint density at radius 2 is 2.24 bits per heavy atom. The molecule has 0 aliphatic carbocycles. The van der Waals surface area contributed by atoms with Gasteiger partial charge >= 0.3 is 0 Å². The zero-order valence-corrected chi connectivity index (χ0v) is 12.7. The van der Waals surface area contributed by atoms with E-state index in [0.29, 0.717) is 11.6 Å². The van der Waals surface area contributed by atoms with E-state index in [2.05, 4.69) is 10.6 Å². The Balaban J connectivity index is 2.26. The summed E-state index contributed by atoms with van der Waals surface area (Å²) in [5.74, 6) is 0.00914. The molecule has 21 heavy (non-hydrogen) atoms. The summed E-state index contributed by atoms with van der Waals surface area (Å²) in [6, 6.07) is 4.02. The Morgan fingerprint density at radius 3 is 2.76 bits per heavy atom. The second-order valence-corrected chi connectivity index (χ2v) is 6.02. The van der Waals surface area contributed by atoms with Crippen molar-refractivity contribution in [3.63, 3.8) is 0 Å². The van der Waals surface area contributed by atoms with Crippen LogP contribution in [0.5, 0.6) is 0 Å². The predicted molar refractivity (Wildman–Crippen MR) is 81.5 cm³/mol. The van der Waals surface area contributed by atoms with Gasteiger partial charge in [0.05, 0.1) is 21.0 Å². The molecular weight excluding hydrogens is 294 g/mol. The van der Waals surface area contributed by atoms with E-state index in [9.17, 15) is 14.9 Å². The molecule has 1 fully saturated rings. The van der Waals surface area contributed by atoms with Gasteiger partial charge in [0.25, 0.3) is 5.69 Å². The van der Waals surface area contributed by atoms with Crippen LogP contribution in [0.15, 0.2) is 18.2 Å². The number of hydrogen-bond donors (Lipinski definition) is 2. The van der Waals surface area contributed by atoms with E-state index in [1.54, 1.807) is 0 Å². The molecule has 2 rings (SSSR count). The molecule has 6 nitrogen and oxygen atoms in total. The van der Waals surface area contributed by atoms with Crippen LogP contribution in [0, 0.1) is 21.4 Å². The van der Waals surface area contributed by atoms with Crippen molar-refractivity contribution in [1.82, 2.24) is 5.32 Å². The third-order valence-electron chi connectivity index (χ3n) is 4.15. The SMILES string of the molecule is CC(C)C1(C(=O)Nc2cc([N+](=O)[O-])ccc2Cl)CCNC1. The minimum absolute atomic E-state index is 0.0992. The summed E-state index contributed by atoms with van der Waals surface area (Å²) in [5.41, 5.74) is -0.325. The number of amides is 1. The van der Waals surface area contributed by atoms with E-state index in [0.717, 1.165) is 13.0 Å². The Kier molecular flexibility index (Phi) is 4.49. The van der Waals surface area contributed by atoms with Crippen molar-refractivity contribution in [2.75, 3.05) is 18.4 Å². The fourth-order valence-corrected chi connectivity index (χ4v) is 2.79. The van der Waals surface area contributed by atoms with E-state index in [4.69, 9.17) is 11.6 Å². The Morgan fingerprint density at radius 1 is 1.52 bits per heavy atom. The maximum Gasteiger partial charge on any atom is 0.271 e. The van der Waals surface area contributed by atoms with Gasteiger partial charge < -0.3 is 10.6 Å². The second kappa shape index (κ2) is 5.99. The van der Waals surface area contributed by atoms with Gasteiger partial charge in [-0.25, -0.2) is 0 Å². The Labute approximate surface area is 128 Å². The maximum absolute atomic E-state index is 12.6. The van der Waals surface area contributed by atoms with Gasteiger partial charge in [0, 0.05) is 18.7 Å². The number of anilines is 1. The number of nitro benzene ring substituents is 1. The van der Waals surface area contributed by atoms with Crippen LogP contribution >= 0.6 is 11.6 Å². The van der Waals surface area contributed by atoms with Gasteiger partial charge in [0.2, 0.25) is 5.91 Å². The Hall–Kier alpha value is -1.66. The van der Waals surface area contributed by atoms with Crippen LogP contribution in [-0.4, -0.2) is 23.9 Å². The van der Waals surface area contributed by atoms with Gasteiger partial charge in [0.15, 0.2) is 0 Å². The molecule has 1 atom stereocenters. The summed E-state index contributed by atoms with van der Waals surface area (Å²) >= 11 is 6.02. The molecule has 0 aromatic heterocycles. The highest BCUT2D eigenvalue weighted by atomic mass is 35.5. The monoisotopic (exact) mass is 311 g/mol. The number of nitro groups is 1. The molecule has 1 amide bonds. The van der Waals surface area contributed by atoms with Gasteiger partial charge in [-0.2, -0.15) is 0 Å². The van der Waals surface area contributed by atoms with Crippen molar-refractivity contribution in [2.24, 2.45) is 11.3 Å². The molecule has 7 heteroatoms. The molecule has 1 unspecified atom stereocenters. The molecule has 1 aromatic rings. The molecule has 1 aromatic carbocycles. The number of carbonyl (C=O) groups excluding carboxylic acids is 1. The summed E-state index contributed by atoms with van der Waals surface area (Å²) in [6.45, 7) is 5.39. The molecule has 1 aliphatic rings. The number of nitrogens with one attached hydrogen (secondary N) is 2. The molecule has 0 bridgehead atoms. The van der Waals surface area contributed by atoms with Crippen molar-refractivity contribution < 1.29 is 9.72 Å². The molecular formula is C14H18ClN3O3. The van der Waals surface area contributed by atoms with Crippen molar-refractivity contribution in [1.29, 1.82) is 0 Å². The Bertz CT molecular complexity index is 569. The van der Waals surface area contributed by atoms with Gasteiger partial charge in [-0.15, -0.1) is 0 Å². The molecule has 2 N–H and O–H groups in total. The fraction of sp³-hybridized carbons (Fsp3) is 0.500. The van der Waals surface area contributed by atoms with Crippen LogP contribution < -0.4 is 10.6 Å². The van der Waals surface area contributed by atoms with Crippen LogP contribution in [0.2, 0.25) is 5.02 Å². The average Bonchev–Trinajstić information content (AvgIpc) is 2.91. The van der Waals surface area contributed by atoms with Gasteiger partial charge in [-0.1, -0.05) is 25.4 Å². The van der Waals surface area contributed by atoms with E-state index in [-0.39, 0.29) is 23.2 Å². The molecule has 1 heterocycles. The second-order valence-electron chi connectivity index (χ2n) is 5.61. The lowest BCUT2D eigenvalue weighted by Gasteiger charge is -2.31. The van der Waals surface area contributed by atoms with Gasteiger partial charge in [-0.3, -0.25) is 14.9 Å². The lowest BCUT2D eigenvalue weighted by molar-refractivity contribution is -0.384. The number of non-ortho nitro benzene ring substituents is 1. The van der Waals surface area contributed by atoms with E-state index in [1.807, 2.05) is 13.8 Å². The molecule has 0 spiro atoms. The first-order chi connectivity index (χ1) is 9.86. The van der Waals surface area contributed by atoms with E-state index < -0.39 is 10.3 Å². The lowest BCUT2D eigenvalue weighted by atomic mass is 9.75. The van der Waals surface area contributed by atoms with Crippen molar-refractivity contribution in [2.45, 2.75) is 20.3 Å².